The van der Waals surface area contributed by atoms with Crippen LogP contribution in [0.4, 0.5) is 23.7 Å². The van der Waals surface area contributed by atoms with Crippen molar-refractivity contribution in [1.82, 2.24) is 19.8 Å². The SMILES string of the molecule is O=C(Nc1ccc(C(F)(F)F)nc1)N1CCN(Cc2ccncc2)CC1. The van der Waals surface area contributed by atoms with Crippen molar-refractivity contribution >= 4 is 11.7 Å². The number of aromatic nitrogens is 2. The highest BCUT2D eigenvalue weighted by molar-refractivity contribution is 5.89. The maximum atomic E-state index is 12.5. The van der Waals surface area contributed by atoms with Gasteiger partial charge in [-0.15, -0.1) is 0 Å². The number of nitrogens with one attached hydrogen (secondary N) is 1. The molecular formula is C17H18F3N5O. The molecule has 1 fully saturated rings. The topological polar surface area (TPSA) is 61.4 Å². The van der Waals surface area contributed by atoms with Crippen LogP contribution < -0.4 is 5.32 Å². The Labute approximate surface area is 148 Å². The summed E-state index contributed by atoms with van der Waals surface area (Å²) in [5.74, 6) is 0. The van der Waals surface area contributed by atoms with E-state index < -0.39 is 11.9 Å². The van der Waals surface area contributed by atoms with Crippen LogP contribution in [-0.2, 0) is 12.7 Å². The number of urea groups is 1. The molecule has 0 atom stereocenters. The Morgan fingerprint density at radius 3 is 2.35 bits per heavy atom. The lowest BCUT2D eigenvalue weighted by Crippen LogP contribution is -2.49. The van der Waals surface area contributed by atoms with E-state index in [4.69, 9.17) is 0 Å². The molecule has 2 amide bonds. The summed E-state index contributed by atoms with van der Waals surface area (Å²) >= 11 is 0. The van der Waals surface area contributed by atoms with E-state index >= 15 is 0 Å². The second kappa shape index (κ2) is 7.69. The second-order valence-electron chi connectivity index (χ2n) is 5.98. The standard InChI is InChI=1S/C17H18F3N5O/c18-17(19,20)15-2-1-14(11-22-15)23-16(26)25-9-7-24(8-10-25)12-13-3-5-21-6-4-13/h1-6,11H,7-10,12H2,(H,23,26). The zero-order chi connectivity index (χ0) is 18.6. The van der Waals surface area contributed by atoms with Crippen LogP contribution >= 0.6 is 0 Å². The fraction of sp³-hybridized carbons (Fsp3) is 0.353. The van der Waals surface area contributed by atoms with E-state index in [0.29, 0.717) is 13.1 Å². The van der Waals surface area contributed by atoms with Crippen LogP contribution in [0, 0.1) is 0 Å². The lowest BCUT2D eigenvalue weighted by molar-refractivity contribution is -0.141. The molecule has 0 aliphatic carbocycles. The first-order valence-electron chi connectivity index (χ1n) is 8.12. The molecule has 9 heteroatoms. The zero-order valence-electron chi connectivity index (χ0n) is 13.9. The molecule has 2 aromatic rings. The highest BCUT2D eigenvalue weighted by Gasteiger charge is 2.32. The zero-order valence-corrected chi connectivity index (χ0v) is 13.9. The highest BCUT2D eigenvalue weighted by Crippen LogP contribution is 2.27. The third-order valence-electron chi connectivity index (χ3n) is 4.12. The largest absolute Gasteiger partial charge is 0.433 e. The average molecular weight is 365 g/mol. The lowest BCUT2D eigenvalue weighted by Gasteiger charge is -2.34. The summed E-state index contributed by atoms with van der Waals surface area (Å²) in [4.78, 5) is 23.4. The van der Waals surface area contributed by atoms with Crippen LogP contribution in [0.3, 0.4) is 0 Å². The number of pyridine rings is 2. The van der Waals surface area contributed by atoms with Crippen LogP contribution in [0.5, 0.6) is 0 Å². The molecule has 0 radical (unpaired) electrons. The Balaban J connectivity index is 1.49. The van der Waals surface area contributed by atoms with Gasteiger partial charge in [-0.1, -0.05) is 0 Å². The minimum atomic E-state index is -4.49. The van der Waals surface area contributed by atoms with Crippen LogP contribution in [-0.4, -0.2) is 52.0 Å². The van der Waals surface area contributed by atoms with E-state index in [1.54, 1.807) is 17.3 Å². The van der Waals surface area contributed by atoms with E-state index in [1.807, 2.05) is 12.1 Å². The van der Waals surface area contributed by atoms with Crippen molar-refractivity contribution in [3.63, 3.8) is 0 Å². The molecule has 3 heterocycles. The molecule has 0 spiro atoms. The highest BCUT2D eigenvalue weighted by atomic mass is 19.4. The van der Waals surface area contributed by atoms with Crippen LogP contribution in [0.25, 0.3) is 0 Å². The van der Waals surface area contributed by atoms with Crippen molar-refractivity contribution in [2.24, 2.45) is 0 Å². The van der Waals surface area contributed by atoms with E-state index in [0.717, 1.165) is 37.5 Å². The maximum Gasteiger partial charge on any atom is 0.433 e. The lowest BCUT2D eigenvalue weighted by atomic mass is 10.2. The summed E-state index contributed by atoms with van der Waals surface area (Å²) in [6.45, 7) is 3.33. The van der Waals surface area contributed by atoms with Gasteiger partial charge in [0.1, 0.15) is 5.69 Å². The molecule has 0 aromatic carbocycles. The van der Waals surface area contributed by atoms with Gasteiger partial charge in [0.15, 0.2) is 0 Å². The van der Waals surface area contributed by atoms with E-state index in [1.165, 1.54) is 6.07 Å². The summed E-state index contributed by atoms with van der Waals surface area (Å²) in [7, 11) is 0. The number of carbonyl (C=O) groups excluding carboxylic acids is 1. The van der Waals surface area contributed by atoms with Crippen molar-refractivity contribution in [1.29, 1.82) is 0 Å². The van der Waals surface area contributed by atoms with Crippen molar-refractivity contribution in [2.75, 3.05) is 31.5 Å². The molecular weight excluding hydrogens is 347 g/mol. The number of hydrogen-bond donors (Lipinski definition) is 1. The molecule has 2 aromatic heterocycles. The molecule has 1 aliphatic rings. The molecule has 0 unspecified atom stereocenters. The Kier molecular flexibility index (Phi) is 5.36. The van der Waals surface area contributed by atoms with E-state index in [9.17, 15) is 18.0 Å². The maximum absolute atomic E-state index is 12.5. The summed E-state index contributed by atoms with van der Waals surface area (Å²) in [6, 6.07) is 5.62. The molecule has 0 saturated carbocycles. The summed E-state index contributed by atoms with van der Waals surface area (Å²) in [6.07, 6.45) is 0.0162. The van der Waals surface area contributed by atoms with Gasteiger partial charge in [0, 0.05) is 45.1 Å². The fourth-order valence-electron chi connectivity index (χ4n) is 2.69. The molecule has 1 aliphatic heterocycles. The van der Waals surface area contributed by atoms with Crippen LogP contribution in [0.15, 0.2) is 42.9 Å². The number of carbonyl (C=O) groups is 1. The van der Waals surface area contributed by atoms with Crippen LogP contribution in [0.1, 0.15) is 11.3 Å². The molecule has 26 heavy (non-hydrogen) atoms. The molecule has 3 rings (SSSR count). The number of piperazine rings is 1. The molecule has 0 bridgehead atoms. The number of halogens is 3. The average Bonchev–Trinajstić information content (AvgIpc) is 2.63. The first-order chi connectivity index (χ1) is 12.4. The number of nitrogens with zero attached hydrogens (tertiary/aromatic N) is 4. The van der Waals surface area contributed by atoms with Gasteiger partial charge in [-0.05, 0) is 29.8 Å². The van der Waals surface area contributed by atoms with Gasteiger partial charge in [-0.25, -0.2) is 9.78 Å². The Morgan fingerprint density at radius 1 is 1.08 bits per heavy atom. The van der Waals surface area contributed by atoms with E-state index in [2.05, 4.69) is 20.2 Å². The predicted molar refractivity (Wildman–Crippen MR) is 89.3 cm³/mol. The quantitative estimate of drug-likeness (QED) is 0.909. The Bertz CT molecular complexity index is 728. The number of hydrogen-bond acceptors (Lipinski definition) is 4. The molecule has 1 saturated heterocycles. The first kappa shape index (κ1) is 18.1. The smallest absolute Gasteiger partial charge is 0.322 e. The first-order valence-corrected chi connectivity index (χ1v) is 8.12. The fourth-order valence-corrected chi connectivity index (χ4v) is 2.69. The predicted octanol–water partition coefficient (Wildman–Crippen LogP) is 2.85. The van der Waals surface area contributed by atoms with Gasteiger partial charge in [0.05, 0.1) is 11.9 Å². The second-order valence-corrected chi connectivity index (χ2v) is 5.98. The Hall–Kier alpha value is -2.68. The van der Waals surface area contributed by atoms with Crippen molar-refractivity contribution in [2.45, 2.75) is 12.7 Å². The van der Waals surface area contributed by atoms with E-state index in [-0.39, 0.29) is 11.7 Å². The minimum Gasteiger partial charge on any atom is -0.322 e. The van der Waals surface area contributed by atoms with Crippen molar-refractivity contribution in [3.05, 3.63) is 54.1 Å². The van der Waals surface area contributed by atoms with Gasteiger partial charge in [-0.3, -0.25) is 9.88 Å². The molecule has 138 valence electrons. The van der Waals surface area contributed by atoms with Gasteiger partial charge in [-0.2, -0.15) is 13.2 Å². The summed E-state index contributed by atoms with van der Waals surface area (Å²) in [5, 5.41) is 2.59. The Morgan fingerprint density at radius 2 is 1.77 bits per heavy atom. The monoisotopic (exact) mass is 365 g/mol. The number of rotatable bonds is 3. The van der Waals surface area contributed by atoms with Gasteiger partial charge in [0.2, 0.25) is 0 Å². The minimum absolute atomic E-state index is 0.238. The van der Waals surface area contributed by atoms with Gasteiger partial charge < -0.3 is 10.2 Å². The molecule has 6 nitrogen and oxygen atoms in total. The summed E-state index contributed by atoms with van der Waals surface area (Å²) < 4.78 is 37.5. The normalized spacial score (nSPS) is 15.7. The molecule has 1 N–H and O–H groups in total. The van der Waals surface area contributed by atoms with Crippen LogP contribution in [0.2, 0.25) is 0 Å². The third kappa shape index (κ3) is 4.69. The number of amides is 2. The number of anilines is 1. The van der Waals surface area contributed by atoms with Crippen molar-refractivity contribution in [3.8, 4) is 0 Å². The van der Waals surface area contributed by atoms with Gasteiger partial charge >= 0.3 is 12.2 Å². The van der Waals surface area contributed by atoms with Gasteiger partial charge in [0.25, 0.3) is 0 Å². The van der Waals surface area contributed by atoms with Crippen molar-refractivity contribution < 1.29 is 18.0 Å². The number of alkyl halides is 3. The third-order valence-corrected chi connectivity index (χ3v) is 4.12. The summed E-state index contributed by atoms with van der Waals surface area (Å²) in [5.41, 5.74) is 0.413.